The molecule has 0 spiro atoms. The molecule has 6 nitrogen and oxygen atoms in total. The fourth-order valence-corrected chi connectivity index (χ4v) is 3.30. The van der Waals surface area contributed by atoms with Gasteiger partial charge in [-0.2, -0.15) is 0 Å². The summed E-state index contributed by atoms with van der Waals surface area (Å²) in [7, 11) is 0. The molecule has 0 radical (unpaired) electrons. The van der Waals surface area contributed by atoms with Gasteiger partial charge in [0.1, 0.15) is 0 Å². The molecule has 0 aliphatic carbocycles. The van der Waals surface area contributed by atoms with Crippen molar-refractivity contribution in [3.8, 4) is 11.5 Å². The Labute approximate surface area is 152 Å². The first-order chi connectivity index (χ1) is 12.1. The third kappa shape index (κ3) is 4.19. The maximum Gasteiger partial charge on any atom is 0.310 e. The quantitative estimate of drug-likeness (QED) is 0.754. The molecule has 0 saturated carbocycles. The Balaban J connectivity index is 1.70. The first-order valence-corrected chi connectivity index (χ1v) is 8.96. The molecule has 25 heavy (non-hydrogen) atoms. The number of aromatic nitrogens is 2. The van der Waals surface area contributed by atoms with Crippen LogP contribution >= 0.6 is 11.6 Å². The van der Waals surface area contributed by atoms with Crippen LogP contribution in [0.5, 0.6) is 0 Å². The van der Waals surface area contributed by atoms with E-state index in [0.717, 1.165) is 24.9 Å². The van der Waals surface area contributed by atoms with Crippen molar-refractivity contribution in [2.75, 3.05) is 19.7 Å². The Morgan fingerprint density at radius 1 is 1.48 bits per heavy atom. The van der Waals surface area contributed by atoms with Gasteiger partial charge in [-0.3, -0.25) is 9.69 Å². The average molecular weight is 364 g/mol. The largest absolute Gasteiger partial charge is 0.466 e. The van der Waals surface area contributed by atoms with Gasteiger partial charge in [-0.15, -0.1) is 10.2 Å². The molecule has 2 unspecified atom stereocenters. The van der Waals surface area contributed by atoms with E-state index in [-0.39, 0.29) is 17.9 Å². The molecular weight excluding hydrogens is 342 g/mol. The van der Waals surface area contributed by atoms with Crippen molar-refractivity contribution >= 4 is 17.6 Å². The molecule has 134 valence electrons. The van der Waals surface area contributed by atoms with Gasteiger partial charge < -0.3 is 9.15 Å². The predicted molar refractivity (Wildman–Crippen MR) is 94.1 cm³/mol. The Bertz CT molecular complexity index is 734. The van der Waals surface area contributed by atoms with Crippen molar-refractivity contribution in [3.63, 3.8) is 0 Å². The minimum atomic E-state index is -0.121. The van der Waals surface area contributed by atoms with Crippen molar-refractivity contribution < 1.29 is 13.9 Å². The van der Waals surface area contributed by atoms with Crippen LogP contribution in [0.4, 0.5) is 0 Å². The summed E-state index contributed by atoms with van der Waals surface area (Å²) in [4.78, 5) is 14.2. The predicted octanol–water partition coefficient (Wildman–Crippen LogP) is 3.73. The Morgan fingerprint density at radius 2 is 2.32 bits per heavy atom. The van der Waals surface area contributed by atoms with Crippen LogP contribution in [0, 0.1) is 5.92 Å². The van der Waals surface area contributed by atoms with Crippen LogP contribution in [0.3, 0.4) is 0 Å². The summed E-state index contributed by atoms with van der Waals surface area (Å²) in [5, 5.41) is 8.94. The van der Waals surface area contributed by atoms with E-state index in [1.807, 2.05) is 26.0 Å². The number of ether oxygens (including phenoxy) is 1. The number of piperidine rings is 1. The number of halogens is 1. The molecule has 0 N–H and O–H groups in total. The van der Waals surface area contributed by atoms with E-state index in [1.54, 1.807) is 12.1 Å². The van der Waals surface area contributed by atoms with Crippen molar-refractivity contribution in [2.45, 2.75) is 32.7 Å². The van der Waals surface area contributed by atoms with Gasteiger partial charge in [0, 0.05) is 17.1 Å². The summed E-state index contributed by atoms with van der Waals surface area (Å²) in [5.74, 6) is 0.777. The van der Waals surface area contributed by atoms with E-state index < -0.39 is 0 Å². The summed E-state index contributed by atoms with van der Waals surface area (Å²) in [5.41, 5.74) is 0.793. The standard InChI is InChI=1S/C18H22ClN3O3/c1-3-24-18(23)14-7-5-9-22(11-14)12(2)16-20-21-17(25-16)13-6-4-8-15(19)10-13/h4,6,8,10,12,14H,3,5,7,9,11H2,1-2H3. The maximum atomic E-state index is 12.0. The highest BCUT2D eigenvalue weighted by Crippen LogP contribution is 2.29. The van der Waals surface area contributed by atoms with Crippen LogP contribution in [0.2, 0.25) is 5.02 Å². The van der Waals surface area contributed by atoms with E-state index in [0.29, 0.717) is 30.0 Å². The molecule has 2 atom stereocenters. The zero-order valence-electron chi connectivity index (χ0n) is 14.4. The van der Waals surface area contributed by atoms with Gasteiger partial charge in [0.05, 0.1) is 18.6 Å². The molecular formula is C18H22ClN3O3. The van der Waals surface area contributed by atoms with Gasteiger partial charge in [0.15, 0.2) is 0 Å². The Kier molecular flexibility index (Phi) is 5.71. The van der Waals surface area contributed by atoms with Crippen LogP contribution in [-0.4, -0.2) is 40.8 Å². The fraction of sp³-hybridized carbons (Fsp3) is 0.500. The van der Waals surface area contributed by atoms with Crippen molar-refractivity contribution in [3.05, 3.63) is 35.2 Å². The molecule has 1 fully saturated rings. The zero-order chi connectivity index (χ0) is 17.8. The molecule has 2 heterocycles. The normalized spacial score (nSPS) is 19.6. The van der Waals surface area contributed by atoms with Gasteiger partial charge in [0.2, 0.25) is 11.8 Å². The van der Waals surface area contributed by atoms with Gasteiger partial charge in [-0.05, 0) is 51.4 Å². The third-order valence-corrected chi connectivity index (χ3v) is 4.73. The summed E-state index contributed by atoms with van der Waals surface area (Å²) in [6, 6.07) is 7.26. The number of carbonyl (C=O) groups excluding carboxylic acids is 1. The van der Waals surface area contributed by atoms with Crippen LogP contribution in [0.25, 0.3) is 11.5 Å². The summed E-state index contributed by atoms with van der Waals surface area (Å²) < 4.78 is 11.0. The number of hydrogen-bond acceptors (Lipinski definition) is 6. The molecule has 0 amide bonds. The van der Waals surface area contributed by atoms with Crippen LogP contribution in [-0.2, 0) is 9.53 Å². The van der Waals surface area contributed by atoms with E-state index >= 15 is 0 Å². The summed E-state index contributed by atoms with van der Waals surface area (Å²) >= 11 is 6.02. The van der Waals surface area contributed by atoms with Crippen molar-refractivity contribution in [1.29, 1.82) is 0 Å². The SMILES string of the molecule is CCOC(=O)C1CCCN(C(C)c2nnc(-c3cccc(Cl)c3)o2)C1. The Hall–Kier alpha value is -1.92. The molecule has 1 aliphatic rings. The third-order valence-electron chi connectivity index (χ3n) is 4.49. The van der Waals surface area contributed by atoms with E-state index in [9.17, 15) is 4.79 Å². The fourth-order valence-electron chi connectivity index (χ4n) is 3.11. The topological polar surface area (TPSA) is 68.5 Å². The second-order valence-electron chi connectivity index (χ2n) is 6.22. The summed E-state index contributed by atoms with van der Waals surface area (Å²) in [6.07, 6.45) is 1.81. The molecule has 1 saturated heterocycles. The average Bonchev–Trinajstić information content (AvgIpc) is 3.11. The monoisotopic (exact) mass is 363 g/mol. The van der Waals surface area contributed by atoms with Gasteiger partial charge in [-0.25, -0.2) is 0 Å². The second-order valence-corrected chi connectivity index (χ2v) is 6.65. The number of nitrogens with zero attached hydrogens (tertiary/aromatic N) is 3. The molecule has 1 aliphatic heterocycles. The van der Waals surface area contributed by atoms with Crippen LogP contribution in [0.15, 0.2) is 28.7 Å². The van der Waals surface area contributed by atoms with E-state index in [2.05, 4.69) is 15.1 Å². The lowest BCUT2D eigenvalue weighted by Crippen LogP contribution is -2.40. The Morgan fingerprint density at radius 3 is 3.08 bits per heavy atom. The highest BCUT2D eigenvalue weighted by atomic mass is 35.5. The number of benzene rings is 1. The first kappa shape index (κ1) is 17.9. The molecule has 2 aromatic rings. The minimum Gasteiger partial charge on any atom is -0.466 e. The number of likely N-dealkylation sites (tertiary alicyclic amines) is 1. The molecule has 1 aromatic carbocycles. The van der Waals surface area contributed by atoms with E-state index in [4.69, 9.17) is 20.8 Å². The smallest absolute Gasteiger partial charge is 0.310 e. The molecule has 0 bridgehead atoms. The van der Waals surface area contributed by atoms with Crippen LogP contribution in [0.1, 0.15) is 38.6 Å². The van der Waals surface area contributed by atoms with Gasteiger partial charge in [-0.1, -0.05) is 17.7 Å². The van der Waals surface area contributed by atoms with Crippen molar-refractivity contribution in [2.24, 2.45) is 5.92 Å². The lowest BCUT2D eigenvalue weighted by Gasteiger charge is -2.34. The van der Waals surface area contributed by atoms with Crippen molar-refractivity contribution in [1.82, 2.24) is 15.1 Å². The van der Waals surface area contributed by atoms with Gasteiger partial charge >= 0.3 is 5.97 Å². The highest BCUT2D eigenvalue weighted by molar-refractivity contribution is 6.30. The lowest BCUT2D eigenvalue weighted by atomic mass is 9.97. The maximum absolute atomic E-state index is 12.0. The number of rotatable bonds is 5. The number of hydrogen-bond donors (Lipinski definition) is 0. The second kappa shape index (κ2) is 7.97. The molecule has 3 rings (SSSR count). The lowest BCUT2D eigenvalue weighted by molar-refractivity contribution is -0.150. The van der Waals surface area contributed by atoms with E-state index in [1.165, 1.54) is 0 Å². The first-order valence-electron chi connectivity index (χ1n) is 8.58. The number of carbonyl (C=O) groups is 1. The van der Waals surface area contributed by atoms with Gasteiger partial charge in [0.25, 0.3) is 0 Å². The molecule has 1 aromatic heterocycles. The molecule has 7 heteroatoms. The zero-order valence-corrected chi connectivity index (χ0v) is 15.2. The highest BCUT2D eigenvalue weighted by Gasteiger charge is 2.31. The van der Waals surface area contributed by atoms with Crippen LogP contribution < -0.4 is 0 Å². The summed E-state index contributed by atoms with van der Waals surface area (Å²) in [6.45, 7) is 5.80. The number of esters is 1. The minimum absolute atomic E-state index is 0.0577.